The number of phenols is 2. The molecule has 0 radical (unpaired) electrons. The van der Waals surface area contributed by atoms with Crippen LogP contribution < -0.4 is 0 Å². The molecule has 0 aliphatic carbocycles. The third-order valence-electron chi connectivity index (χ3n) is 4.49. The number of nitrogens with zero attached hydrogens (tertiary/aromatic N) is 4. The monoisotopic (exact) mass is 424 g/mol. The Morgan fingerprint density at radius 1 is 0.531 bits per heavy atom. The van der Waals surface area contributed by atoms with E-state index in [-0.39, 0.29) is 11.5 Å². The molecule has 0 spiro atoms. The van der Waals surface area contributed by atoms with E-state index < -0.39 is 0 Å². The van der Waals surface area contributed by atoms with Crippen LogP contribution in [0.1, 0.15) is 25.0 Å². The van der Waals surface area contributed by atoms with E-state index in [0.717, 1.165) is 33.9 Å². The minimum absolute atomic E-state index is 0.250. The molecule has 2 heterocycles. The maximum absolute atomic E-state index is 9.15. The number of hydrogen-bond donors (Lipinski definition) is 2. The topological polar surface area (TPSA) is 91.0 Å². The molecule has 2 aromatic carbocycles. The molecule has 0 saturated carbocycles. The van der Waals surface area contributed by atoms with Gasteiger partial charge in [-0.1, -0.05) is 0 Å². The summed E-state index contributed by atoms with van der Waals surface area (Å²) < 4.78 is 0. The molecule has 0 fully saturated rings. The highest BCUT2D eigenvalue weighted by atomic mass is 16.3. The predicted molar refractivity (Wildman–Crippen MR) is 128 cm³/mol. The van der Waals surface area contributed by atoms with Crippen molar-refractivity contribution < 1.29 is 10.2 Å². The first-order valence-corrected chi connectivity index (χ1v) is 10.0. The van der Waals surface area contributed by atoms with Gasteiger partial charge in [-0.3, -0.25) is 20.0 Å². The van der Waals surface area contributed by atoms with Crippen LogP contribution in [0.3, 0.4) is 0 Å². The standard InChI is InChI=1S/2C13H12N2O/c2*1-10(11-6-8-14-9-7-11)15-12-2-4-13(16)5-3-12/h2*2-9,16H,1H3. The van der Waals surface area contributed by atoms with Crippen molar-refractivity contribution in [3.8, 4) is 11.5 Å². The van der Waals surface area contributed by atoms with Crippen molar-refractivity contribution in [3.05, 3.63) is 109 Å². The van der Waals surface area contributed by atoms with E-state index in [4.69, 9.17) is 10.2 Å². The summed E-state index contributed by atoms with van der Waals surface area (Å²) in [6, 6.07) is 21.3. The number of aromatic hydroxyl groups is 2. The number of hydrogen-bond acceptors (Lipinski definition) is 6. The molecule has 6 heteroatoms. The van der Waals surface area contributed by atoms with Gasteiger partial charge in [0.15, 0.2) is 0 Å². The summed E-state index contributed by atoms with van der Waals surface area (Å²) in [5, 5.41) is 18.3. The molecule has 2 N–H and O–H groups in total. The zero-order valence-corrected chi connectivity index (χ0v) is 17.9. The Morgan fingerprint density at radius 3 is 1.16 bits per heavy atom. The molecule has 160 valence electrons. The fourth-order valence-electron chi connectivity index (χ4n) is 2.76. The van der Waals surface area contributed by atoms with Crippen LogP contribution in [0.15, 0.2) is 108 Å². The van der Waals surface area contributed by atoms with E-state index in [1.54, 1.807) is 73.3 Å². The molecule has 0 amide bonds. The molecular weight excluding hydrogens is 400 g/mol. The Kier molecular flexibility index (Phi) is 7.81. The van der Waals surface area contributed by atoms with Gasteiger partial charge in [-0.15, -0.1) is 0 Å². The van der Waals surface area contributed by atoms with Gasteiger partial charge in [0, 0.05) is 36.2 Å². The second kappa shape index (κ2) is 11.2. The van der Waals surface area contributed by atoms with Crippen molar-refractivity contribution in [2.75, 3.05) is 0 Å². The minimum atomic E-state index is 0.250. The van der Waals surface area contributed by atoms with Crippen LogP contribution in [0.2, 0.25) is 0 Å². The average molecular weight is 425 g/mol. The van der Waals surface area contributed by atoms with Gasteiger partial charge in [0.1, 0.15) is 11.5 Å². The molecule has 2 aromatic heterocycles. The van der Waals surface area contributed by atoms with Gasteiger partial charge >= 0.3 is 0 Å². The first-order valence-electron chi connectivity index (χ1n) is 10.0. The molecule has 32 heavy (non-hydrogen) atoms. The quantitative estimate of drug-likeness (QED) is 0.402. The Bertz CT molecular complexity index is 1080. The van der Waals surface area contributed by atoms with Crippen molar-refractivity contribution in [1.29, 1.82) is 0 Å². The molecule has 0 unspecified atom stereocenters. The number of aliphatic imine (C=N–C) groups is 2. The van der Waals surface area contributed by atoms with E-state index in [1.165, 1.54) is 0 Å². The van der Waals surface area contributed by atoms with Crippen LogP contribution in [0.4, 0.5) is 11.4 Å². The summed E-state index contributed by atoms with van der Waals surface area (Å²) in [4.78, 5) is 16.8. The summed E-state index contributed by atoms with van der Waals surface area (Å²) in [7, 11) is 0. The number of phenolic OH excluding ortho intramolecular Hbond substituents is 2. The fraction of sp³-hybridized carbons (Fsp3) is 0.0769. The van der Waals surface area contributed by atoms with Gasteiger partial charge in [-0.25, -0.2) is 0 Å². The maximum atomic E-state index is 9.15. The highest BCUT2D eigenvalue weighted by Crippen LogP contribution is 2.19. The van der Waals surface area contributed by atoms with Crippen molar-refractivity contribution in [2.24, 2.45) is 9.98 Å². The van der Waals surface area contributed by atoms with Crippen molar-refractivity contribution in [1.82, 2.24) is 9.97 Å². The summed E-state index contributed by atoms with van der Waals surface area (Å²) in [6.07, 6.45) is 6.96. The van der Waals surface area contributed by atoms with Gasteiger partial charge in [0.2, 0.25) is 0 Å². The van der Waals surface area contributed by atoms with Gasteiger partial charge in [-0.2, -0.15) is 0 Å². The lowest BCUT2D eigenvalue weighted by atomic mass is 10.2. The van der Waals surface area contributed by atoms with Crippen molar-refractivity contribution >= 4 is 22.8 Å². The van der Waals surface area contributed by atoms with E-state index in [1.807, 2.05) is 38.1 Å². The number of rotatable bonds is 4. The summed E-state index contributed by atoms with van der Waals surface area (Å²) >= 11 is 0. The summed E-state index contributed by atoms with van der Waals surface area (Å²) in [5.41, 5.74) is 5.59. The van der Waals surface area contributed by atoms with Crippen LogP contribution >= 0.6 is 0 Å². The Labute approximate surface area is 187 Å². The average Bonchev–Trinajstić information content (AvgIpc) is 2.83. The lowest BCUT2D eigenvalue weighted by Crippen LogP contribution is -1.93. The largest absolute Gasteiger partial charge is 0.508 e. The zero-order chi connectivity index (χ0) is 22.8. The molecular formula is C26H24N4O2. The Morgan fingerprint density at radius 2 is 0.844 bits per heavy atom. The number of pyridine rings is 2. The zero-order valence-electron chi connectivity index (χ0n) is 17.9. The normalized spacial score (nSPS) is 11.4. The lowest BCUT2D eigenvalue weighted by Gasteiger charge is -2.00. The van der Waals surface area contributed by atoms with Crippen molar-refractivity contribution in [3.63, 3.8) is 0 Å². The van der Waals surface area contributed by atoms with Gasteiger partial charge in [0.25, 0.3) is 0 Å². The third-order valence-corrected chi connectivity index (χ3v) is 4.49. The van der Waals surface area contributed by atoms with Crippen LogP contribution in [-0.4, -0.2) is 31.6 Å². The molecule has 0 bridgehead atoms. The first-order chi connectivity index (χ1) is 15.5. The van der Waals surface area contributed by atoms with Crippen molar-refractivity contribution in [2.45, 2.75) is 13.8 Å². The summed E-state index contributed by atoms with van der Waals surface area (Å²) in [6.45, 7) is 3.89. The van der Waals surface area contributed by atoms with Crippen LogP contribution in [-0.2, 0) is 0 Å². The molecule has 6 nitrogen and oxygen atoms in total. The second-order valence-electron chi connectivity index (χ2n) is 6.90. The van der Waals surface area contributed by atoms with Crippen LogP contribution in [0.25, 0.3) is 0 Å². The molecule has 0 aliphatic heterocycles. The van der Waals surface area contributed by atoms with E-state index >= 15 is 0 Å². The fourth-order valence-corrected chi connectivity index (χ4v) is 2.76. The van der Waals surface area contributed by atoms with E-state index in [0.29, 0.717) is 0 Å². The molecule has 0 aliphatic rings. The highest BCUT2D eigenvalue weighted by Gasteiger charge is 1.98. The Hall–Kier alpha value is -4.32. The third kappa shape index (κ3) is 6.88. The smallest absolute Gasteiger partial charge is 0.115 e. The van der Waals surface area contributed by atoms with Gasteiger partial charge in [-0.05, 0) is 97.8 Å². The minimum Gasteiger partial charge on any atom is -0.508 e. The maximum Gasteiger partial charge on any atom is 0.115 e. The molecule has 4 aromatic rings. The van der Waals surface area contributed by atoms with Crippen LogP contribution in [0, 0.1) is 0 Å². The SMILES string of the molecule is CC(=Nc1ccc(O)cc1)c1ccncc1.CC(=Nc1ccc(O)cc1)c1ccncc1. The summed E-state index contributed by atoms with van der Waals surface area (Å²) in [5.74, 6) is 0.501. The highest BCUT2D eigenvalue weighted by molar-refractivity contribution is 6.00. The first kappa shape index (κ1) is 22.4. The van der Waals surface area contributed by atoms with Gasteiger partial charge in [0.05, 0.1) is 11.4 Å². The molecule has 0 atom stereocenters. The van der Waals surface area contributed by atoms with Crippen LogP contribution in [0.5, 0.6) is 11.5 Å². The van der Waals surface area contributed by atoms with E-state index in [9.17, 15) is 0 Å². The molecule has 0 saturated heterocycles. The lowest BCUT2D eigenvalue weighted by molar-refractivity contribution is 0.475. The Balaban J connectivity index is 0.000000181. The number of aromatic nitrogens is 2. The molecule has 4 rings (SSSR count). The number of benzene rings is 2. The second-order valence-corrected chi connectivity index (χ2v) is 6.90. The van der Waals surface area contributed by atoms with E-state index in [2.05, 4.69) is 20.0 Å². The predicted octanol–water partition coefficient (Wildman–Crippen LogP) is 5.86. The van der Waals surface area contributed by atoms with Gasteiger partial charge < -0.3 is 10.2 Å².